The summed E-state index contributed by atoms with van der Waals surface area (Å²) in [7, 11) is 0. The molecule has 2 aromatic carbocycles. The lowest BCUT2D eigenvalue weighted by Gasteiger charge is -1.90. The number of para-hydroxylation sites is 1. The third-order valence-corrected chi connectivity index (χ3v) is 2.94. The molecule has 3 aromatic rings. The highest BCUT2D eigenvalue weighted by molar-refractivity contribution is 6.36. The van der Waals surface area contributed by atoms with Crippen molar-refractivity contribution in [1.82, 2.24) is 0 Å². The summed E-state index contributed by atoms with van der Waals surface area (Å²) >= 11 is 12.0. The van der Waals surface area contributed by atoms with Gasteiger partial charge >= 0.3 is 0 Å². The lowest BCUT2D eigenvalue weighted by atomic mass is 10.1. The van der Waals surface area contributed by atoms with Gasteiger partial charge in [0.2, 0.25) is 0 Å². The Morgan fingerprint density at radius 1 is 0.933 bits per heavy atom. The van der Waals surface area contributed by atoms with Crippen molar-refractivity contribution >= 4 is 45.1 Å². The minimum Gasteiger partial charge on any atom is -0.454 e. The van der Waals surface area contributed by atoms with Gasteiger partial charge < -0.3 is 4.42 Å². The lowest BCUT2D eigenvalue weighted by molar-refractivity contribution is 0.669. The summed E-state index contributed by atoms with van der Waals surface area (Å²) in [5.74, 6) is 0. The van der Waals surface area contributed by atoms with E-state index >= 15 is 0 Å². The maximum atomic E-state index is 6.04. The standard InChI is InChI=1S/C12H6Cl2O/c13-7-4-5-11-9(6-7)8-2-1-3-10(14)12(8)15-11/h1-6H. The van der Waals surface area contributed by atoms with Crippen LogP contribution >= 0.6 is 23.2 Å². The average Bonchev–Trinajstić information content (AvgIpc) is 2.58. The smallest absolute Gasteiger partial charge is 0.153 e. The van der Waals surface area contributed by atoms with E-state index in [0.29, 0.717) is 10.0 Å². The summed E-state index contributed by atoms with van der Waals surface area (Å²) < 4.78 is 5.65. The molecule has 0 aliphatic carbocycles. The molecule has 0 fully saturated rings. The third-order valence-electron chi connectivity index (χ3n) is 2.41. The van der Waals surface area contributed by atoms with Gasteiger partial charge in [0.15, 0.2) is 5.58 Å². The first-order valence-corrected chi connectivity index (χ1v) is 5.27. The number of furan rings is 1. The molecule has 0 bridgehead atoms. The van der Waals surface area contributed by atoms with Crippen molar-refractivity contribution in [3.05, 3.63) is 46.4 Å². The van der Waals surface area contributed by atoms with E-state index in [2.05, 4.69) is 0 Å². The normalized spacial score (nSPS) is 11.3. The molecule has 0 aliphatic rings. The van der Waals surface area contributed by atoms with Crippen LogP contribution in [0.1, 0.15) is 0 Å². The first-order valence-electron chi connectivity index (χ1n) is 4.52. The summed E-state index contributed by atoms with van der Waals surface area (Å²) in [4.78, 5) is 0. The zero-order valence-electron chi connectivity index (χ0n) is 7.63. The predicted molar refractivity (Wildman–Crippen MR) is 63.7 cm³/mol. The van der Waals surface area contributed by atoms with Gasteiger partial charge in [-0.25, -0.2) is 0 Å². The minimum absolute atomic E-state index is 0.625. The molecule has 3 rings (SSSR count). The first-order chi connectivity index (χ1) is 7.25. The largest absolute Gasteiger partial charge is 0.454 e. The van der Waals surface area contributed by atoms with Crippen LogP contribution in [0, 0.1) is 0 Å². The Labute approximate surface area is 96.2 Å². The van der Waals surface area contributed by atoms with E-state index in [1.165, 1.54) is 0 Å². The van der Waals surface area contributed by atoms with Crippen LogP contribution in [0.2, 0.25) is 10.0 Å². The molecule has 0 saturated carbocycles. The Hall–Kier alpha value is -1.18. The number of benzene rings is 2. The van der Waals surface area contributed by atoms with Crippen LogP contribution in [0.3, 0.4) is 0 Å². The monoisotopic (exact) mass is 236 g/mol. The quantitative estimate of drug-likeness (QED) is 0.542. The Morgan fingerprint density at radius 3 is 2.67 bits per heavy atom. The van der Waals surface area contributed by atoms with Gasteiger partial charge in [-0.15, -0.1) is 0 Å². The molecule has 0 atom stereocenters. The van der Waals surface area contributed by atoms with E-state index in [0.717, 1.165) is 21.9 Å². The van der Waals surface area contributed by atoms with Crippen LogP contribution in [-0.2, 0) is 0 Å². The summed E-state index contributed by atoms with van der Waals surface area (Å²) in [5, 5.41) is 3.32. The van der Waals surface area contributed by atoms with Gasteiger partial charge in [0.05, 0.1) is 5.02 Å². The molecule has 1 aromatic heterocycles. The number of rotatable bonds is 0. The van der Waals surface area contributed by atoms with Gasteiger partial charge in [-0.2, -0.15) is 0 Å². The van der Waals surface area contributed by atoms with E-state index in [1.807, 2.05) is 30.3 Å². The van der Waals surface area contributed by atoms with Crippen LogP contribution in [0.25, 0.3) is 21.9 Å². The summed E-state index contributed by atoms with van der Waals surface area (Å²) in [6, 6.07) is 11.2. The summed E-state index contributed by atoms with van der Waals surface area (Å²) in [6.07, 6.45) is 0. The van der Waals surface area contributed by atoms with Gasteiger partial charge in [-0.3, -0.25) is 0 Å². The molecule has 15 heavy (non-hydrogen) atoms. The molecule has 0 N–H and O–H groups in total. The van der Waals surface area contributed by atoms with Crippen LogP contribution in [0.4, 0.5) is 0 Å². The second kappa shape index (κ2) is 3.16. The van der Waals surface area contributed by atoms with Gasteiger partial charge in [-0.1, -0.05) is 35.3 Å². The predicted octanol–water partition coefficient (Wildman–Crippen LogP) is 4.89. The SMILES string of the molecule is Clc1ccc2oc3c(Cl)cccc3c2c1. The maximum Gasteiger partial charge on any atom is 0.153 e. The number of hydrogen-bond donors (Lipinski definition) is 0. The molecule has 0 aliphatic heterocycles. The molecule has 0 saturated heterocycles. The van der Waals surface area contributed by atoms with Crippen LogP contribution in [-0.4, -0.2) is 0 Å². The molecule has 0 spiro atoms. The van der Waals surface area contributed by atoms with Crippen molar-refractivity contribution in [2.75, 3.05) is 0 Å². The molecular weight excluding hydrogens is 231 g/mol. The van der Waals surface area contributed by atoms with Crippen molar-refractivity contribution in [2.45, 2.75) is 0 Å². The minimum atomic E-state index is 0.625. The van der Waals surface area contributed by atoms with Crippen LogP contribution < -0.4 is 0 Å². The Morgan fingerprint density at radius 2 is 1.80 bits per heavy atom. The third kappa shape index (κ3) is 1.31. The molecule has 0 radical (unpaired) electrons. The second-order valence-corrected chi connectivity index (χ2v) is 4.20. The highest BCUT2D eigenvalue weighted by Crippen LogP contribution is 2.34. The fraction of sp³-hybridized carbons (Fsp3) is 0. The molecule has 3 heteroatoms. The van der Waals surface area contributed by atoms with Gasteiger partial charge in [0, 0.05) is 15.8 Å². The van der Waals surface area contributed by atoms with Crippen LogP contribution in [0.5, 0.6) is 0 Å². The highest BCUT2D eigenvalue weighted by Gasteiger charge is 2.09. The zero-order valence-corrected chi connectivity index (χ0v) is 9.14. The molecule has 1 nitrogen and oxygen atoms in total. The summed E-state index contributed by atoms with van der Waals surface area (Å²) in [6.45, 7) is 0. The average molecular weight is 237 g/mol. The van der Waals surface area contributed by atoms with Gasteiger partial charge in [0.1, 0.15) is 5.58 Å². The van der Waals surface area contributed by atoms with Crippen molar-refractivity contribution in [2.24, 2.45) is 0 Å². The van der Waals surface area contributed by atoms with Crippen LogP contribution in [0.15, 0.2) is 40.8 Å². The highest BCUT2D eigenvalue weighted by atomic mass is 35.5. The Bertz CT molecular complexity index is 655. The van der Waals surface area contributed by atoms with E-state index in [1.54, 1.807) is 6.07 Å². The molecule has 74 valence electrons. The Balaban J connectivity index is 2.58. The molecule has 1 heterocycles. The zero-order chi connectivity index (χ0) is 10.4. The van der Waals surface area contributed by atoms with E-state index < -0.39 is 0 Å². The lowest BCUT2D eigenvalue weighted by Crippen LogP contribution is -1.67. The van der Waals surface area contributed by atoms with Crippen molar-refractivity contribution < 1.29 is 4.42 Å². The maximum absolute atomic E-state index is 6.04. The van der Waals surface area contributed by atoms with Crippen molar-refractivity contribution in [3.8, 4) is 0 Å². The number of hydrogen-bond acceptors (Lipinski definition) is 1. The number of halogens is 2. The van der Waals surface area contributed by atoms with Gasteiger partial charge in [0.25, 0.3) is 0 Å². The second-order valence-electron chi connectivity index (χ2n) is 3.36. The molecule has 0 amide bonds. The van der Waals surface area contributed by atoms with E-state index in [9.17, 15) is 0 Å². The topological polar surface area (TPSA) is 13.1 Å². The van der Waals surface area contributed by atoms with E-state index in [4.69, 9.17) is 27.6 Å². The van der Waals surface area contributed by atoms with Crippen molar-refractivity contribution in [1.29, 1.82) is 0 Å². The number of fused-ring (bicyclic) bond motifs is 3. The fourth-order valence-corrected chi connectivity index (χ4v) is 2.12. The van der Waals surface area contributed by atoms with Gasteiger partial charge in [-0.05, 0) is 24.3 Å². The van der Waals surface area contributed by atoms with Crippen molar-refractivity contribution in [3.63, 3.8) is 0 Å². The molecular formula is C12H6Cl2O. The fourth-order valence-electron chi connectivity index (χ4n) is 1.74. The van der Waals surface area contributed by atoms with E-state index in [-0.39, 0.29) is 0 Å². The Kier molecular flexibility index (Phi) is 1.91. The first kappa shape index (κ1) is 9.08. The summed E-state index contributed by atoms with van der Waals surface area (Å²) in [5.41, 5.74) is 1.53. The molecule has 0 unspecified atom stereocenters.